The van der Waals surface area contributed by atoms with E-state index in [9.17, 15) is 4.79 Å². The lowest BCUT2D eigenvalue weighted by Gasteiger charge is -2.38. The molecule has 4 nitrogen and oxygen atoms in total. The molecule has 3 heterocycles. The molecule has 2 saturated heterocycles. The first kappa shape index (κ1) is 14.7. The van der Waals surface area contributed by atoms with E-state index in [0.717, 1.165) is 39.0 Å². The van der Waals surface area contributed by atoms with E-state index in [4.69, 9.17) is 11.6 Å². The van der Waals surface area contributed by atoms with Gasteiger partial charge in [-0.25, -0.2) is 0 Å². The van der Waals surface area contributed by atoms with Crippen LogP contribution in [0.2, 0.25) is 5.02 Å². The maximum absolute atomic E-state index is 12.2. The Morgan fingerprint density at radius 2 is 2.05 bits per heavy atom. The van der Waals surface area contributed by atoms with E-state index in [-0.39, 0.29) is 18.3 Å². The van der Waals surface area contributed by atoms with E-state index in [1.807, 2.05) is 4.90 Å². The molecule has 0 unspecified atom stereocenters. The van der Waals surface area contributed by atoms with Gasteiger partial charge in [-0.15, -0.1) is 12.4 Å². The lowest BCUT2D eigenvalue weighted by molar-refractivity contribution is 0.0602. The zero-order valence-electron chi connectivity index (χ0n) is 10.7. The Labute approximate surface area is 124 Å². The number of rotatable bonds is 1. The number of amides is 1. The van der Waals surface area contributed by atoms with Gasteiger partial charge in [-0.05, 0) is 37.3 Å². The molecule has 0 saturated carbocycles. The Morgan fingerprint density at radius 1 is 1.32 bits per heavy atom. The summed E-state index contributed by atoms with van der Waals surface area (Å²) in [6.45, 7) is 3.96. The quantitative estimate of drug-likeness (QED) is 0.836. The van der Waals surface area contributed by atoms with Gasteiger partial charge in [0.15, 0.2) is 0 Å². The average Bonchev–Trinajstić information content (AvgIpc) is 3.00. The smallest absolute Gasteiger partial charge is 0.270 e. The minimum atomic E-state index is 0. The molecule has 1 spiro atoms. The van der Waals surface area contributed by atoms with Crippen LogP contribution >= 0.6 is 24.0 Å². The van der Waals surface area contributed by atoms with Crippen molar-refractivity contribution in [1.29, 1.82) is 0 Å². The number of aromatic nitrogens is 1. The number of likely N-dealkylation sites (tertiary alicyclic amines) is 1. The molecular formula is C13H19Cl2N3O. The standard InChI is InChI=1S/C13H18ClN3O.ClH/c14-10-7-11(16-8-10)12(18)17-5-2-13(3-6-17)1-4-15-9-13;/h7-8,15-16H,1-6,9H2;1H. The van der Waals surface area contributed by atoms with Crippen LogP contribution < -0.4 is 5.32 Å². The van der Waals surface area contributed by atoms with E-state index in [1.165, 1.54) is 6.42 Å². The van der Waals surface area contributed by atoms with Crippen molar-refractivity contribution < 1.29 is 4.79 Å². The van der Waals surface area contributed by atoms with Gasteiger partial charge >= 0.3 is 0 Å². The second kappa shape index (κ2) is 5.73. The van der Waals surface area contributed by atoms with Gasteiger partial charge in [-0.3, -0.25) is 4.79 Å². The lowest BCUT2D eigenvalue weighted by atomic mass is 9.78. The molecule has 1 amide bonds. The number of H-pyrrole nitrogens is 1. The summed E-state index contributed by atoms with van der Waals surface area (Å²) in [7, 11) is 0. The fourth-order valence-electron chi connectivity index (χ4n) is 3.07. The molecule has 1 aromatic rings. The number of aromatic amines is 1. The van der Waals surface area contributed by atoms with Gasteiger partial charge in [-0.2, -0.15) is 0 Å². The summed E-state index contributed by atoms with van der Waals surface area (Å²) >= 11 is 5.83. The molecule has 2 N–H and O–H groups in total. The number of nitrogens with zero attached hydrogens (tertiary/aromatic N) is 1. The molecule has 0 radical (unpaired) electrons. The molecule has 6 heteroatoms. The number of halogens is 2. The molecule has 106 valence electrons. The Kier molecular flexibility index (Phi) is 4.43. The number of hydrogen-bond donors (Lipinski definition) is 2. The number of carbonyl (C=O) groups is 1. The third-order valence-corrected chi connectivity index (χ3v) is 4.54. The molecule has 0 atom stereocenters. The second-order valence-electron chi connectivity index (χ2n) is 5.45. The maximum atomic E-state index is 12.2. The summed E-state index contributed by atoms with van der Waals surface area (Å²) in [6.07, 6.45) is 5.13. The molecular weight excluding hydrogens is 285 g/mol. The van der Waals surface area contributed by atoms with Crippen molar-refractivity contribution in [1.82, 2.24) is 15.2 Å². The summed E-state index contributed by atoms with van der Waals surface area (Å²) in [5, 5.41) is 4.02. The van der Waals surface area contributed by atoms with Crippen LogP contribution in [0.3, 0.4) is 0 Å². The summed E-state index contributed by atoms with van der Waals surface area (Å²) in [5.74, 6) is 0.0720. The second-order valence-corrected chi connectivity index (χ2v) is 5.89. The number of nitrogens with one attached hydrogen (secondary N) is 2. The minimum absolute atomic E-state index is 0. The molecule has 2 fully saturated rings. The molecule has 3 rings (SSSR count). The molecule has 19 heavy (non-hydrogen) atoms. The van der Waals surface area contributed by atoms with Crippen LogP contribution in [-0.2, 0) is 0 Å². The topological polar surface area (TPSA) is 48.1 Å². The van der Waals surface area contributed by atoms with Gasteiger partial charge in [0.25, 0.3) is 5.91 Å². The molecule has 0 bridgehead atoms. The Morgan fingerprint density at radius 3 is 2.58 bits per heavy atom. The predicted octanol–water partition coefficient (Wildman–Crippen LogP) is 2.31. The zero-order valence-corrected chi connectivity index (χ0v) is 12.3. The Bertz CT molecular complexity index is 444. The summed E-state index contributed by atoms with van der Waals surface area (Å²) in [6, 6.07) is 1.70. The zero-order chi connectivity index (χ0) is 12.6. The highest BCUT2D eigenvalue weighted by Gasteiger charge is 2.38. The van der Waals surface area contributed by atoms with Crippen LogP contribution in [0.5, 0.6) is 0 Å². The summed E-state index contributed by atoms with van der Waals surface area (Å²) in [5.41, 5.74) is 1.05. The highest BCUT2D eigenvalue weighted by atomic mass is 35.5. The van der Waals surface area contributed by atoms with Crippen LogP contribution in [0.4, 0.5) is 0 Å². The fourth-order valence-corrected chi connectivity index (χ4v) is 3.23. The van der Waals surface area contributed by atoms with Gasteiger partial charge in [0.2, 0.25) is 0 Å². The first-order valence-electron chi connectivity index (χ1n) is 6.53. The molecule has 0 aliphatic carbocycles. The van der Waals surface area contributed by atoms with Crippen LogP contribution in [0.1, 0.15) is 29.8 Å². The highest BCUT2D eigenvalue weighted by molar-refractivity contribution is 6.30. The van der Waals surface area contributed by atoms with Crippen molar-refractivity contribution in [3.8, 4) is 0 Å². The summed E-state index contributed by atoms with van der Waals surface area (Å²) in [4.78, 5) is 17.1. The third kappa shape index (κ3) is 2.91. The maximum Gasteiger partial charge on any atom is 0.270 e. The predicted molar refractivity (Wildman–Crippen MR) is 78.1 cm³/mol. The van der Waals surface area contributed by atoms with Gasteiger partial charge in [0.1, 0.15) is 5.69 Å². The van der Waals surface area contributed by atoms with Crippen molar-refractivity contribution in [2.24, 2.45) is 5.41 Å². The van der Waals surface area contributed by atoms with Gasteiger partial charge in [0, 0.05) is 25.8 Å². The molecule has 2 aliphatic heterocycles. The van der Waals surface area contributed by atoms with E-state index in [0.29, 0.717) is 16.1 Å². The summed E-state index contributed by atoms with van der Waals surface area (Å²) < 4.78 is 0. The van der Waals surface area contributed by atoms with Crippen LogP contribution in [0.15, 0.2) is 12.3 Å². The van der Waals surface area contributed by atoms with Crippen LogP contribution in [0.25, 0.3) is 0 Å². The van der Waals surface area contributed by atoms with Gasteiger partial charge < -0.3 is 15.2 Å². The molecule has 1 aromatic heterocycles. The largest absolute Gasteiger partial charge is 0.356 e. The first-order valence-corrected chi connectivity index (χ1v) is 6.90. The van der Waals surface area contributed by atoms with Gasteiger partial charge in [-0.1, -0.05) is 11.6 Å². The Hall–Kier alpha value is -0.710. The minimum Gasteiger partial charge on any atom is -0.356 e. The van der Waals surface area contributed by atoms with Crippen molar-refractivity contribution >= 4 is 29.9 Å². The molecule has 0 aromatic carbocycles. The van der Waals surface area contributed by atoms with Crippen molar-refractivity contribution in [3.63, 3.8) is 0 Å². The highest BCUT2D eigenvalue weighted by Crippen LogP contribution is 2.37. The van der Waals surface area contributed by atoms with Crippen molar-refractivity contribution in [3.05, 3.63) is 23.0 Å². The van der Waals surface area contributed by atoms with E-state index in [2.05, 4.69) is 10.3 Å². The van der Waals surface area contributed by atoms with Crippen LogP contribution in [0, 0.1) is 5.41 Å². The normalized spacial score (nSPS) is 21.4. The van der Waals surface area contributed by atoms with E-state index in [1.54, 1.807) is 12.3 Å². The van der Waals surface area contributed by atoms with E-state index >= 15 is 0 Å². The fraction of sp³-hybridized carbons (Fsp3) is 0.615. The third-order valence-electron chi connectivity index (χ3n) is 4.32. The number of carbonyl (C=O) groups excluding carboxylic acids is 1. The lowest BCUT2D eigenvalue weighted by Crippen LogP contribution is -2.44. The SMILES string of the molecule is Cl.O=C(c1cc(Cl)c[nH]1)N1CCC2(CCNC2)CC1. The van der Waals surface area contributed by atoms with E-state index < -0.39 is 0 Å². The Balaban J connectivity index is 0.00000133. The van der Waals surface area contributed by atoms with Crippen molar-refractivity contribution in [2.45, 2.75) is 19.3 Å². The number of hydrogen-bond acceptors (Lipinski definition) is 2. The average molecular weight is 304 g/mol. The van der Waals surface area contributed by atoms with Crippen LogP contribution in [-0.4, -0.2) is 42.0 Å². The molecule has 2 aliphatic rings. The first-order chi connectivity index (χ1) is 8.69. The van der Waals surface area contributed by atoms with Gasteiger partial charge in [0.05, 0.1) is 5.02 Å². The monoisotopic (exact) mass is 303 g/mol. The number of piperidine rings is 1. The van der Waals surface area contributed by atoms with Crippen molar-refractivity contribution in [2.75, 3.05) is 26.2 Å².